The molecule has 3 N–H and O–H groups in total. The van der Waals surface area contributed by atoms with Gasteiger partial charge in [-0.05, 0) is 55.3 Å². The fourth-order valence-electron chi connectivity index (χ4n) is 4.30. The maximum Gasteiger partial charge on any atom is 0.251 e. The van der Waals surface area contributed by atoms with Crippen LogP contribution in [0.5, 0.6) is 0 Å². The Bertz CT molecular complexity index is 1030. The van der Waals surface area contributed by atoms with Gasteiger partial charge in [0.1, 0.15) is 0 Å². The van der Waals surface area contributed by atoms with Crippen LogP contribution in [0.15, 0.2) is 42.5 Å². The molecule has 5 rings (SSSR count). The topological polar surface area (TPSA) is 74.2 Å². The smallest absolute Gasteiger partial charge is 0.251 e. The third-order valence-electron chi connectivity index (χ3n) is 5.85. The number of carbonyl (C=O) groups excluding carboxylic acids is 1. The minimum atomic E-state index is -0.583. The van der Waals surface area contributed by atoms with Crippen LogP contribution in [0.3, 0.4) is 0 Å². The molecule has 1 fully saturated rings. The summed E-state index contributed by atoms with van der Waals surface area (Å²) in [6.45, 7) is 2.08. The van der Waals surface area contributed by atoms with Gasteiger partial charge in [0.15, 0.2) is 0 Å². The van der Waals surface area contributed by atoms with E-state index in [0.29, 0.717) is 17.9 Å². The Labute approximate surface area is 167 Å². The predicted molar refractivity (Wildman–Crippen MR) is 111 cm³/mol. The number of aliphatic hydroxyl groups is 1. The molecule has 2 atom stereocenters. The number of carbonyl (C=O) groups is 1. The van der Waals surface area contributed by atoms with Crippen LogP contribution in [0.2, 0.25) is 0 Å². The van der Waals surface area contributed by atoms with Crippen molar-refractivity contribution in [3.8, 4) is 0 Å². The van der Waals surface area contributed by atoms with Crippen molar-refractivity contribution in [3.05, 3.63) is 64.2 Å². The lowest BCUT2D eigenvalue weighted by Gasteiger charge is -2.20. The van der Waals surface area contributed by atoms with E-state index in [9.17, 15) is 9.90 Å². The summed E-state index contributed by atoms with van der Waals surface area (Å²) in [5.41, 5.74) is 3.69. The summed E-state index contributed by atoms with van der Waals surface area (Å²) in [7, 11) is 0. The molecule has 1 saturated heterocycles. The zero-order chi connectivity index (χ0) is 19.1. The van der Waals surface area contributed by atoms with Crippen molar-refractivity contribution in [2.45, 2.75) is 37.3 Å². The zero-order valence-electron chi connectivity index (χ0n) is 15.5. The van der Waals surface area contributed by atoms with E-state index in [1.165, 1.54) is 5.01 Å². The summed E-state index contributed by atoms with van der Waals surface area (Å²) in [5, 5.41) is 18.0. The Kier molecular flexibility index (Phi) is 4.62. The number of aliphatic hydroxyl groups excluding tert-OH is 1. The molecule has 2 aliphatic rings. The summed E-state index contributed by atoms with van der Waals surface area (Å²) in [4.78, 5) is 17.7. The number of fused-ring (bicyclic) bond motifs is 2. The average molecular weight is 394 g/mol. The Morgan fingerprint density at radius 2 is 2.00 bits per heavy atom. The van der Waals surface area contributed by atoms with Gasteiger partial charge in [-0.2, -0.15) is 0 Å². The Hall–Kier alpha value is -2.28. The minimum absolute atomic E-state index is 0.153. The number of benzene rings is 2. The number of nitrogens with one attached hydrogen (secondary N) is 2. The first kappa shape index (κ1) is 17.8. The molecule has 2 aromatic carbocycles. The predicted octanol–water partition coefficient (Wildman–Crippen LogP) is 3.15. The normalized spacial score (nSPS) is 22.3. The molecule has 0 saturated carbocycles. The molecule has 0 radical (unpaired) electrons. The van der Waals surface area contributed by atoms with E-state index in [1.54, 1.807) is 11.3 Å². The van der Waals surface area contributed by atoms with E-state index >= 15 is 0 Å². The van der Waals surface area contributed by atoms with Gasteiger partial charge in [-0.3, -0.25) is 4.79 Å². The molecule has 3 aromatic rings. The van der Waals surface area contributed by atoms with E-state index in [2.05, 4.69) is 10.6 Å². The molecule has 1 amide bonds. The lowest BCUT2D eigenvalue weighted by Crippen LogP contribution is -2.33. The van der Waals surface area contributed by atoms with Gasteiger partial charge in [-0.15, -0.1) is 11.3 Å². The lowest BCUT2D eigenvalue weighted by atomic mass is 9.99. The van der Waals surface area contributed by atoms with Crippen LogP contribution in [0.25, 0.3) is 10.2 Å². The molecule has 1 aliphatic carbocycles. The first-order chi connectivity index (χ1) is 13.7. The summed E-state index contributed by atoms with van der Waals surface area (Å²) in [6.07, 6.45) is 2.23. The second-order valence-corrected chi connectivity index (χ2v) is 8.74. The van der Waals surface area contributed by atoms with Gasteiger partial charge < -0.3 is 15.7 Å². The number of amides is 1. The van der Waals surface area contributed by atoms with Crippen molar-refractivity contribution < 1.29 is 9.90 Å². The molecule has 5 nitrogen and oxygen atoms in total. The number of thiazole rings is 1. The molecule has 28 heavy (non-hydrogen) atoms. The van der Waals surface area contributed by atoms with Gasteiger partial charge in [0.2, 0.25) is 0 Å². The first-order valence-electron chi connectivity index (χ1n) is 9.87. The number of rotatable bonds is 3. The highest BCUT2D eigenvalue weighted by molar-refractivity contribution is 7.18. The van der Waals surface area contributed by atoms with Crippen molar-refractivity contribution in [2.75, 3.05) is 13.1 Å². The monoisotopic (exact) mass is 393 g/mol. The molecule has 1 aromatic heterocycles. The van der Waals surface area contributed by atoms with Crippen molar-refractivity contribution in [1.82, 2.24) is 15.6 Å². The molecule has 144 valence electrons. The highest BCUT2D eigenvalue weighted by Crippen LogP contribution is 2.34. The first-order valence-corrected chi connectivity index (χ1v) is 10.7. The Morgan fingerprint density at radius 1 is 1.18 bits per heavy atom. The van der Waals surface area contributed by atoms with Crippen molar-refractivity contribution in [2.24, 2.45) is 0 Å². The van der Waals surface area contributed by atoms with Gasteiger partial charge in [0.25, 0.3) is 5.91 Å². The lowest BCUT2D eigenvalue weighted by molar-refractivity contribution is 0.0858. The van der Waals surface area contributed by atoms with E-state index < -0.39 is 6.10 Å². The number of aromatic nitrogens is 1. The van der Waals surface area contributed by atoms with E-state index in [1.807, 2.05) is 42.5 Å². The van der Waals surface area contributed by atoms with Gasteiger partial charge >= 0.3 is 0 Å². The van der Waals surface area contributed by atoms with Crippen LogP contribution in [-0.2, 0) is 6.42 Å². The van der Waals surface area contributed by atoms with Gasteiger partial charge in [-0.25, -0.2) is 4.98 Å². The van der Waals surface area contributed by atoms with Crippen molar-refractivity contribution in [1.29, 1.82) is 0 Å². The van der Waals surface area contributed by atoms with Crippen LogP contribution in [0.4, 0.5) is 0 Å². The number of nitrogens with zero attached hydrogens (tertiary/aromatic N) is 1. The molecule has 1 aliphatic heterocycles. The fraction of sp³-hybridized carbons (Fsp3) is 0.364. The molecule has 6 heteroatoms. The molecular formula is C22H23N3O2S. The highest BCUT2D eigenvalue weighted by Gasteiger charge is 2.32. The largest absolute Gasteiger partial charge is 0.390 e. The summed E-state index contributed by atoms with van der Waals surface area (Å²) in [6, 6.07) is 13.2. The van der Waals surface area contributed by atoms with E-state index in [0.717, 1.165) is 47.3 Å². The maximum atomic E-state index is 12.9. The maximum absolute atomic E-state index is 12.9. The third-order valence-corrected chi connectivity index (χ3v) is 7.03. The summed E-state index contributed by atoms with van der Waals surface area (Å²) >= 11 is 1.70. The van der Waals surface area contributed by atoms with Crippen molar-refractivity contribution in [3.63, 3.8) is 0 Å². The minimum Gasteiger partial charge on any atom is -0.390 e. The Balaban J connectivity index is 1.37. The van der Waals surface area contributed by atoms with Crippen LogP contribution < -0.4 is 10.6 Å². The Morgan fingerprint density at radius 3 is 2.86 bits per heavy atom. The van der Waals surface area contributed by atoms with Crippen LogP contribution >= 0.6 is 11.3 Å². The van der Waals surface area contributed by atoms with Gasteiger partial charge in [-0.1, -0.05) is 24.3 Å². The number of hydrogen-bond donors (Lipinski definition) is 3. The van der Waals surface area contributed by atoms with Gasteiger partial charge in [0.05, 0.1) is 27.4 Å². The molecule has 2 heterocycles. The van der Waals surface area contributed by atoms with E-state index in [4.69, 9.17) is 4.98 Å². The summed E-state index contributed by atoms with van der Waals surface area (Å²) in [5.74, 6) is 0.362. The quantitative estimate of drug-likeness (QED) is 0.639. The molecular weight excluding hydrogens is 370 g/mol. The zero-order valence-corrected chi connectivity index (χ0v) is 16.3. The molecule has 0 bridgehead atoms. The fourth-order valence-corrected chi connectivity index (χ4v) is 5.48. The molecule has 0 spiro atoms. The molecule has 0 unspecified atom stereocenters. The second kappa shape index (κ2) is 7.28. The number of piperidine rings is 1. The third kappa shape index (κ3) is 3.21. The van der Waals surface area contributed by atoms with Crippen LogP contribution in [-0.4, -0.2) is 35.2 Å². The van der Waals surface area contributed by atoms with Gasteiger partial charge in [0, 0.05) is 17.9 Å². The second-order valence-electron chi connectivity index (χ2n) is 7.68. The SMILES string of the molecule is O=C(N[C@H]1c2ccccc2C[C@@H]1O)c1ccc2nc(C3CCNCC3)sc2c1. The highest BCUT2D eigenvalue weighted by atomic mass is 32.1. The average Bonchev–Trinajstić information content (AvgIpc) is 3.29. The summed E-state index contributed by atoms with van der Waals surface area (Å²) < 4.78 is 1.05. The van der Waals surface area contributed by atoms with Crippen LogP contribution in [0.1, 0.15) is 51.3 Å². The van der Waals surface area contributed by atoms with E-state index in [-0.39, 0.29) is 11.9 Å². The number of hydrogen-bond acceptors (Lipinski definition) is 5. The van der Waals surface area contributed by atoms with Crippen molar-refractivity contribution >= 4 is 27.5 Å². The van der Waals surface area contributed by atoms with Crippen LogP contribution in [0, 0.1) is 0 Å². The standard InChI is InChI=1S/C22H23N3O2S/c26-18-11-14-3-1-2-4-16(14)20(18)25-21(27)15-5-6-17-19(12-15)28-22(24-17)13-7-9-23-10-8-13/h1-6,12-13,18,20,23,26H,7-11H2,(H,25,27)/t18-,20-/m0/s1.